The zero-order valence-corrected chi connectivity index (χ0v) is 12.6. The summed E-state index contributed by atoms with van der Waals surface area (Å²) in [7, 11) is 0. The van der Waals surface area contributed by atoms with E-state index in [-0.39, 0.29) is 11.2 Å². The van der Waals surface area contributed by atoms with E-state index in [1.54, 1.807) is 0 Å². The number of hydrogen-bond donors (Lipinski definition) is 1. The van der Waals surface area contributed by atoms with Gasteiger partial charge in [-0.1, -0.05) is 46.3 Å². The number of halogens is 3. The molecular formula is C15H14BrClFN. The van der Waals surface area contributed by atoms with Crippen molar-refractivity contribution in [2.24, 2.45) is 0 Å². The number of rotatable bonds is 5. The van der Waals surface area contributed by atoms with E-state index in [2.05, 4.69) is 21.2 Å². The van der Waals surface area contributed by atoms with Crippen molar-refractivity contribution in [2.75, 3.05) is 6.54 Å². The van der Waals surface area contributed by atoms with Crippen LogP contribution in [-0.2, 0) is 6.54 Å². The minimum atomic E-state index is -0.239. The van der Waals surface area contributed by atoms with Crippen molar-refractivity contribution in [2.45, 2.75) is 11.9 Å². The van der Waals surface area contributed by atoms with E-state index >= 15 is 0 Å². The average molecular weight is 343 g/mol. The SMILES string of the molecule is Fc1cc(Br)cc(CNCC(Cl)c2ccccc2)c1. The van der Waals surface area contributed by atoms with Crippen molar-refractivity contribution in [3.63, 3.8) is 0 Å². The molecule has 2 aromatic rings. The summed E-state index contributed by atoms with van der Waals surface area (Å²) in [5.41, 5.74) is 1.97. The molecule has 0 bridgehead atoms. The van der Waals surface area contributed by atoms with Crippen LogP contribution in [0.4, 0.5) is 4.39 Å². The van der Waals surface area contributed by atoms with E-state index in [0.29, 0.717) is 13.1 Å². The van der Waals surface area contributed by atoms with Crippen molar-refractivity contribution in [1.82, 2.24) is 5.32 Å². The van der Waals surface area contributed by atoms with Crippen LogP contribution in [-0.4, -0.2) is 6.54 Å². The van der Waals surface area contributed by atoms with Crippen LogP contribution in [0.2, 0.25) is 0 Å². The van der Waals surface area contributed by atoms with Gasteiger partial charge in [0.15, 0.2) is 0 Å². The second-order valence-corrected chi connectivity index (χ2v) is 5.73. The van der Waals surface area contributed by atoms with Crippen LogP contribution in [0.15, 0.2) is 53.0 Å². The van der Waals surface area contributed by atoms with Crippen LogP contribution < -0.4 is 5.32 Å². The third-order valence-electron chi connectivity index (χ3n) is 2.74. The highest BCUT2D eigenvalue weighted by Crippen LogP contribution is 2.19. The summed E-state index contributed by atoms with van der Waals surface area (Å²) >= 11 is 9.57. The molecule has 0 aliphatic rings. The molecule has 0 spiro atoms. The molecule has 1 nitrogen and oxygen atoms in total. The lowest BCUT2D eigenvalue weighted by atomic mass is 10.1. The molecule has 2 rings (SSSR count). The summed E-state index contributed by atoms with van der Waals surface area (Å²) in [6.07, 6.45) is 0. The van der Waals surface area contributed by atoms with E-state index in [1.807, 2.05) is 36.4 Å². The molecule has 0 fully saturated rings. The highest BCUT2D eigenvalue weighted by Gasteiger charge is 2.06. The maximum absolute atomic E-state index is 13.2. The predicted octanol–water partition coefficient (Wildman–Crippen LogP) is 4.66. The molecule has 0 aliphatic carbocycles. The largest absolute Gasteiger partial charge is 0.311 e. The van der Waals surface area contributed by atoms with Gasteiger partial charge in [-0.2, -0.15) is 0 Å². The molecule has 0 heterocycles. The molecule has 0 aromatic heterocycles. The van der Waals surface area contributed by atoms with Crippen LogP contribution in [0.5, 0.6) is 0 Å². The summed E-state index contributed by atoms with van der Waals surface area (Å²) in [4.78, 5) is 0. The first-order chi connectivity index (χ1) is 9.15. The maximum Gasteiger partial charge on any atom is 0.124 e. The van der Waals surface area contributed by atoms with Gasteiger partial charge in [0.05, 0.1) is 5.38 Å². The molecular weight excluding hydrogens is 329 g/mol. The van der Waals surface area contributed by atoms with Crippen molar-refractivity contribution in [1.29, 1.82) is 0 Å². The summed E-state index contributed by atoms with van der Waals surface area (Å²) in [6.45, 7) is 1.23. The van der Waals surface area contributed by atoms with Gasteiger partial charge in [-0.05, 0) is 29.3 Å². The van der Waals surface area contributed by atoms with Gasteiger partial charge in [-0.25, -0.2) is 4.39 Å². The molecule has 1 N–H and O–H groups in total. The minimum Gasteiger partial charge on any atom is -0.311 e. The van der Waals surface area contributed by atoms with Crippen molar-refractivity contribution < 1.29 is 4.39 Å². The van der Waals surface area contributed by atoms with Crippen LogP contribution in [0, 0.1) is 5.82 Å². The molecule has 1 unspecified atom stereocenters. The predicted molar refractivity (Wildman–Crippen MR) is 80.8 cm³/mol. The van der Waals surface area contributed by atoms with E-state index in [1.165, 1.54) is 12.1 Å². The highest BCUT2D eigenvalue weighted by atomic mass is 79.9. The Kier molecular flexibility index (Phi) is 5.37. The molecule has 0 saturated heterocycles. The van der Waals surface area contributed by atoms with Gasteiger partial charge in [-0.15, -0.1) is 11.6 Å². The third kappa shape index (κ3) is 4.60. The average Bonchev–Trinajstić information content (AvgIpc) is 2.38. The summed E-state index contributed by atoms with van der Waals surface area (Å²) < 4.78 is 13.9. The zero-order chi connectivity index (χ0) is 13.7. The molecule has 19 heavy (non-hydrogen) atoms. The van der Waals surface area contributed by atoms with Gasteiger partial charge >= 0.3 is 0 Å². The summed E-state index contributed by atoms with van der Waals surface area (Å²) in [6, 6.07) is 14.7. The summed E-state index contributed by atoms with van der Waals surface area (Å²) in [5, 5.41) is 3.15. The van der Waals surface area contributed by atoms with Gasteiger partial charge in [0.25, 0.3) is 0 Å². The lowest BCUT2D eigenvalue weighted by Gasteiger charge is -2.11. The fraction of sp³-hybridized carbons (Fsp3) is 0.200. The Balaban J connectivity index is 1.86. The first-order valence-corrected chi connectivity index (χ1v) is 7.23. The number of nitrogens with one attached hydrogen (secondary N) is 1. The molecule has 0 radical (unpaired) electrons. The summed E-state index contributed by atoms with van der Waals surface area (Å²) in [5.74, 6) is -0.239. The van der Waals surface area contributed by atoms with Crippen LogP contribution in [0.1, 0.15) is 16.5 Å². The first kappa shape index (κ1) is 14.5. The van der Waals surface area contributed by atoms with Gasteiger partial charge in [-0.3, -0.25) is 0 Å². The Labute approximate surface area is 125 Å². The molecule has 4 heteroatoms. The Hall–Kier alpha value is -0.900. The van der Waals surface area contributed by atoms with Gasteiger partial charge in [0.2, 0.25) is 0 Å². The lowest BCUT2D eigenvalue weighted by Crippen LogP contribution is -2.18. The quantitative estimate of drug-likeness (QED) is 0.779. The van der Waals surface area contributed by atoms with E-state index < -0.39 is 0 Å². The van der Waals surface area contributed by atoms with Crippen molar-refractivity contribution in [3.05, 3.63) is 69.9 Å². The third-order valence-corrected chi connectivity index (χ3v) is 3.60. The molecule has 0 amide bonds. The Bertz CT molecular complexity index is 513. The number of alkyl halides is 1. The molecule has 0 saturated carbocycles. The Morgan fingerprint density at radius 3 is 2.58 bits per heavy atom. The monoisotopic (exact) mass is 341 g/mol. The zero-order valence-electron chi connectivity index (χ0n) is 10.2. The van der Waals surface area contributed by atoms with Gasteiger partial charge in [0.1, 0.15) is 5.82 Å². The number of benzene rings is 2. The second-order valence-electron chi connectivity index (χ2n) is 4.29. The number of hydrogen-bond acceptors (Lipinski definition) is 1. The Morgan fingerprint density at radius 1 is 1.16 bits per heavy atom. The lowest BCUT2D eigenvalue weighted by molar-refractivity contribution is 0.618. The smallest absolute Gasteiger partial charge is 0.124 e. The first-order valence-electron chi connectivity index (χ1n) is 6.00. The maximum atomic E-state index is 13.2. The van der Waals surface area contributed by atoms with Crippen LogP contribution in [0.25, 0.3) is 0 Å². The van der Waals surface area contributed by atoms with Gasteiger partial charge in [0, 0.05) is 17.6 Å². The van der Waals surface area contributed by atoms with E-state index in [4.69, 9.17) is 11.6 Å². The normalized spacial score (nSPS) is 12.4. The fourth-order valence-electron chi connectivity index (χ4n) is 1.84. The van der Waals surface area contributed by atoms with E-state index in [9.17, 15) is 4.39 Å². The fourth-order valence-corrected chi connectivity index (χ4v) is 2.60. The minimum absolute atomic E-state index is 0.0850. The molecule has 1 atom stereocenters. The second kappa shape index (κ2) is 7.04. The highest BCUT2D eigenvalue weighted by molar-refractivity contribution is 9.10. The van der Waals surface area contributed by atoms with Crippen molar-refractivity contribution in [3.8, 4) is 0 Å². The molecule has 2 aromatic carbocycles. The van der Waals surface area contributed by atoms with Gasteiger partial charge < -0.3 is 5.32 Å². The van der Waals surface area contributed by atoms with Crippen LogP contribution >= 0.6 is 27.5 Å². The molecule has 100 valence electrons. The standard InChI is InChI=1S/C15H14BrClFN/c16-13-6-11(7-14(18)8-13)9-19-10-15(17)12-4-2-1-3-5-12/h1-8,15,19H,9-10H2. The van der Waals surface area contributed by atoms with Crippen LogP contribution in [0.3, 0.4) is 0 Å². The van der Waals surface area contributed by atoms with E-state index in [0.717, 1.165) is 15.6 Å². The molecule has 0 aliphatic heterocycles. The Morgan fingerprint density at radius 2 is 1.89 bits per heavy atom. The topological polar surface area (TPSA) is 12.0 Å². The van der Waals surface area contributed by atoms with Crippen molar-refractivity contribution >= 4 is 27.5 Å².